The van der Waals surface area contributed by atoms with E-state index in [1.165, 1.54) is 14.2 Å². The molecule has 0 radical (unpaired) electrons. The fourth-order valence-corrected chi connectivity index (χ4v) is 1.06. The Hall–Kier alpha value is -0.710. The van der Waals surface area contributed by atoms with Crippen molar-refractivity contribution >= 4 is 0 Å². The highest BCUT2D eigenvalue weighted by Crippen LogP contribution is 2.32. The number of hydrogen-bond acceptors (Lipinski definition) is 2. The smallest absolute Gasteiger partial charge is 0.360 e. The molecule has 0 N–H and O–H groups in total. The van der Waals surface area contributed by atoms with Crippen LogP contribution in [-0.4, -0.2) is 31.0 Å². The van der Waals surface area contributed by atoms with Crippen LogP contribution in [0, 0.1) is 0 Å². The summed E-state index contributed by atoms with van der Waals surface area (Å²) in [7, 11) is 2.76. The summed E-state index contributed by atoms with van der Waals surface area (Å²) >= 11 is 0. The van der Waals surface area contributed by atoms with Gasteiger partial charge in [0.1, 0.15) is 11.4 Å². The summed E-state index contributed by atoms with van der Waals surface area (Å²) < 4.78 is 43.0. The maximum atomic E-state index is 12.7. The topological polar surface area (TPSA) is 12.5 Å². The van der Waals surface area contributed by atoms with E-state index in [9.17, 15) is 13.2 Å². The molecule has 0 unspecified atom stereocenters. The molecular weight excluding hydrogens is 207 g/mol. The first-order valence-electron chi connectivity index (χ1n) is 4.73. The highest BCUT2D eigenvalue weighted by Gasteiger charge is 2.40. The third kappa shape index (κ3) is 3.74. The zero-order valence-electron chi connectivity index (χ0n) is 9.77. The molecule has 0 saturated heterocycles. The average Bonchev–Trinajstić information content (AvgIpc) is 2.11. The Morgan fingerprint density at radius 3 is 2.07 bits per heavy atom. The van der Waals surface area contributed by atoms with E-state index in [4.69, 9.17) is 4.74 Å². The van der Waals surface area contributed by atoms with Crippen molar-refractivity contribution in [3.05, 3.63) is 11.8 Å². The highest BCUT2D eigenvalue weighted by atomic mass is 19.4. The number of nitrogens with zero attached hydrogens (tertiary/aromatic N) is 1. The third-order valence-corrected chi connectivity index (χ3v) is 2.36. The zero-order valence-corrected chi connectivity index (χ0v) is 9.77. The monoisotopic (exact) mass is 225 g/mol. The Kier molecular flexibility index (Phi) is 4.65. The van der Waals surface area contributed by atoms with Gasteiger partial charge in [-0.1, -0.05) is 13.0 Å². The maximum Gasteiger partial charge on any atom is 0.430 e. The van der Waals surface area contributed by atoms with E-state index in [1.54, 1.807) is 20.8 Å². The van der Waals surface area contributed by atoms with Crippen LogP contribution in [0.5, 0.6) is 0 Å². The molecule has 15 heavy (non-hydrogen) atoms. The lowest BCUT2D eigenvalue weighted by Gasteiger charge is -2.38. The van der Waals surface area contributed by atoms with E-state index in [0.717, 1.165) is 11.0 Å². The summed E-state index contributed by atoms with van der Waals surface area (Å²) in [6, 6.07) is 0. The molecule has 0 aliphatic rings. The molecule has 0 rings (SSSR count). The van der Waals surface area contributed by atoms with E-state index >= 15 is 0 Å². The van der Waals surface area contributed by atoms with Gasteiger partial charge in [0, 0.05) is 14.2 Å². The highest BCUT2D eigenvalue weighted by molar-refractivity contribution is 5.09. The summed E-state index contributed by atoms with van der Waals surface area (Å²) in [5.74, 6) is 0. The van der Waals surface area contributed by atoms with Crippen LogP contribution >= 0.6 is 0 Å². The van der Waals surface area contributed by atoms with Crippen molar-refractivity contribution in [2.75, 3.05) is 14.2 Å². The normalized spacial score (nSPS) is 14.3. The molecule has 90 valence electrons. The van der Waals surface area contributed by atoms with Gasteiger partial charge in [-0.15, -0.1) is 0 Å². The van der Waals surface area contributed by atoms with Crippen molar-refractivity contribution in [1.82, 2.24) is 4.90 Å². The first-order chi connectivity index (χ1) is 6.66. The minimum absolute atomic E-state index is 0.332. The van der Waals surface area contributed by atoms with E-state index in [1.807, 2.05) is 0 Å². The Bertz CT molecular complexity index is 233. The number of rotatable bonds is 4. The van der Waals surface area contributed by atoms with Crippen LogP contribution in [0.3, 0.4) is 0 Å². The van der Waals surface area contributed by atoms with Crippen LogP contribution in [0.1, 0.15) is 27.2 Å². The SMILES string of the molecule is CC/C=C(\N(C)C(C)(C)OC)C(F)(F)F. The molecule has 0 aromatic carbocycles. The lowest BCUT2D eigenvalue weighted by atomic mass is 10.2. The first kappa shape index (κ1) is 14.3. The lowest BCUT2D eigenvalue weighted by Crippen LogP contribution is -2.45. The molecule has 0 fully saturated rings. The van der Waals surface area contributed by atoms with Crippen molar-refractivity contribution in [2.45, 2.75) is 39.1 Å². The van der Waals surface area contributed by atoms with E-state index in [-0.39, 0.29) is 0 Å². The second kappa shape index (κ2) is 4.88. The molecular formula is C10H18F3NO. The van der Waals surface area contributed by atoms with Gasteiger partial charge >= 0.3 is 6.18 Å². The molecule has 0 aromatic heterocycles. The second-order valence-electron chi connectivity index (χ2n) is 3.71. The Morgan fingerprint density at radius 1 is 1.33 bits per heavy atom. The summed E-state index contributed by atoms with van der Waals surface area (Å²) in [6.45, 7) is 4.84. The number of hydrogen-bond donors (Lipinski definition) is 0. The summed E-state index contributed by atoms with van der Waals surface area (Å²) in [4.78, 5) is 1.09. The number of ether oxygens (including phenoxy) is 1. The number of alkyl halides is 3. The van der Waals surface area contributed by atoms with Gasteiger partial charge in [-0.2, -0.15) is 13.2 Å². The van der Waals surface area contributed by atoms with Crippen molar-refractivity contribution in [1.29, 1.82) is 0 Å². The van der Waals surface area contributed by atoms with E-state index < -0.39 is 17.6 Å². The quantitative estimate of drug-likeness (QED) is 0.681. The predicted molar refractivity (Wildman–Crippen MR) is 53.3 cm³/mol. The Labute approximate surface area is 88.7 Å². The molecule has 0 aliphatic heterocycles. The molecule has 0 atom stereocenters. The van der Waals surface area contributed by atoms with Crippen LogP contribution in [-0.2, 0) is 4.74 Å². The van der Waals surface area contributed by atoms with E-state index in [2.05, 4.69) is 0 Å². The van der Waals surface area contributed by atoms with E-state index in [0.29, 0.717) is 6.42 Å². The molecule has 0 amide bonds. The van der Waals surface area contributed by atoms with Gasteiger partial charge in [0.05, 0.1) is 0 Å². The molecule has 0 aromatic rings. The van der Waals surface area contributed by atoms with Gasteiger partial charge in [0.25, 0.3) is 0 Å². The average molecular weight is 225 g/mol. The number of halogens is 3. The van der Waals surface area contributed by atoms with Crippen LogP contribution in [0.15, 0.2) is 11.8 Å². The van der Waals surface area contributed by atoms with Crippen molar-refractivity contribution in [3.63, 3.8) is 0 Å². The third-order valence-electron chi connectivity index (χ3n) is 2.36. The minimum Gasteiger partial charge on any atom is -0.360 e. The lowest BCUT2D eigenvalue weighted by molar-refractivity contribution is -0.151. The molecule has 5 heteroatoms. The molecule has 2 nitrogen and oxygen atoms in total. The van der Waals surface area contributed by atoms with Gasteiger partial charge in [0.15, 0.2) is 0 Å². The van der Waals surface area contributed by atoms with Crippen molar-refractivity contribution in [2.24, 2.45) is 0 Å². The van der Waals surface area contributed by atoms with Gasteiger partial charge in [0.2, 0.25) is 0 Å². The van der Waals surface area contributed by atoms with Gasteiger partial charge in [-0.3, -0.25) is 0 Å². The predicted octanol–water partition coefficient (Wildman–Crippen LogP) is 3.16. The van der Waals surface area contributed by atoms with Crippen LogP contribution in [0.4, 0.5) is 13.2 Å². The largest absolute Gasteiger partial charge is 0.430 e. The Balaban J connectivity index is 5.05. The van der Waals surface area contributed by atoms with Gasteiger partial charge < -0.3 is 9.64 Å². The molecule has 0 aliphatic carbocycles. The zero-order chi connectivity index (χ0) is 12.3. The van der Waals surface area contributed by atoms with Gasteiger partial charge in [-0.25, -0.2) is 0 Å². The second-order valence-corrected chi connectivity index (χ2v) is 3.71. The van der Waals surface area contributed by atoms with Crippen LogP contribution < -0.4 is 0 Å². The molecule has 0 bridgehead atoms. The van der Waals surface area contributed by atoms with Crippen molar-refractivity contribution < 1.29 is 17.9 Å². The summed E-state index contributed by atoms with van der Waals surface area (Å²) in [6.07, 6.45) is -2.86. The number of allylic oxidation sites excluding steroid dienone is 2. The fraction of sp³-hybridized carbons (Fsp3) is 0.800. The maximum absolute atomic E-state index is 12.7. The molecule has 0 saturated carbocycles. The Morgan fingerprint density at radius 2 is 1.80 bits per heavy atom. The van der Waals surface area contributed by atoms with Gasteiger partial charge in [-0.05, 0) is 20.3 Å². The summed E-state index contributed by atoms with van der Waals surface area (Å²) in [5, 5.41) is 0. The van der Waals surface area contributed by atoms with Crippen LogP contribution in [0.25, 0.3) is 0 Å². The number of methoxy groups -OCH3 is 1. The molecule has 0 heterocycles. The fourth-order valence-electron chi connectivity index (χ4n) is 1.06. The first-order valence-corrected chi connectivity index (χ1v) is 4.73. The minimum atomic E-state index is -4.35. The van der Waals surface area contributed by atoms with Crippen LogP contribution in [0.2, 0.25) is 0 Å². The summed E-state index contributed by atoms with van der Waals surface area (Å²) in [5.41, 5.74) is -1.65. The molecule has 0 spiro atoms. The van der Waals surface area contributed by atoms with Crippen molar-refractivity contribution in [3.8, 4) is 0 Å². The standard InChI is InChI=1S/C10H18F3NO/c1-6-7-8(10(11,12)13)14(4)9(2,3)15-5/h7H,6H2,1-5H3/b8-7-.